The highest BCUT2D eigenvalue weighted by Crippen LogP contribution is 2.32. The first kappa shape index (κ1) is 18.9. The summed E-state index contributed by atoms with van der Waals surface area (Å²) in [7, 11) is 0. The van der Waals surface area contributed by atoms with Crippen LogP contribution in [-0.4, -0.2) is 30.9 Å². The van der Waals surface area contributed by atoms with Crippen molar-refractivity contribution in [3.8, 4) is 17.0 Å². The van der Waals surface area contributed by atoms with Gasteiger partial charge < -0.3 is 9.72 Å². The van der Waals surface area contributed by atoms with Crippen LogP contribution in [0, 0.1) is 0 Å². The number of nitrogens with zero attached hydrogens (tertiary/aromatic N) is 4. The molecule has 0 unspecified atom stereocenters. The van der Waals surface area contributed by atoms with Crippen LogP contribution in [-0.2, 0) is 6.42 Å². The second-order valence-electron chi connectivity index (χ2n) is 6.81. The lowest BCUT2D eigenvalue weighted by Gasteiger charge is -2.10. The molecular formula is C22H17Cl2N5O. The fourth-order valence-corrected chi connectivity index (χ4v) is 3.91. The third-order valence-corrected chi connectivity index (χ3v) is 5.30. The number of imidazole rings is 2. The summed E-state index contributed by atoms with van der Waals surface area (Å²) in [5, 5.41) is 1.05. The minimum absolute atomic E-state index is 0.421. The number of ether oxygens (including phenoxy) is 1. The van der Waals surface area contributed by atoms with E-state index in [1.165, 1.54) is 0 Å². The zero-order valence-electron chi connectivity index (χ0n) is 16.1. The van der Waals surface area contributed by atoms with Gasteiger partial charge in [0.1, 0.15) is 22.4 Å². The average Bonchev–Trinajstić information content (AvgIpc) is 3.31. The fraction of sp³-hybridized carbons (Fsp3) is 0.136. The van der Waals surface area contributed by atoms with Crippen molar-refractivity contribution in [2.75, 3.05) is 6.61 Å². The van der Waals surface area contributed by atoms with E-state index in [4.69, 9.17) is 32.9 Å². The summed E-state index contributed by atoms with van der Waals surface area (Å²) in [5.41, 5.74) is 5.04. The predicted octanol–water partition coefficient (Wildman–Crippen LogP) is 5.57. The molecule has 0 fully saturated rings. The first-order chi connectivity index (χ1) is 14.6. The van der Waals surface area contributed by atoms with Crippen LogP contribution in [0.25, 0.3) is 28.1 Å². The minimum atomic E-state index is 0.421. The maximum atomic E-state index is 6.55. The van der Waals surface area contributed by atoms with Crippen LogP contribution in [0.4, 0.5) is 0 Å². The van der Waals surface area contributed by atoms with E-state index in [2.05, 4.69) is 15.0 Å². The average molecular weight is 438 g/mol. The molecule has 0 atom stereocenters. The van der Waals surface area contributed by atoms with Crippen LogP contribution in [0.2, 0.25) is 10.2 Å². The molecule has 5 aromatic rings. The number of H-pyrrole nitrogens is 1. The predicted molar refractivity (Wildman–Crippen MR) is 119 cm³/mol. The maximum Gasteiger partial charge on any atom is 0.179 e. The van der Waals surface area contributed by atoms with Gasteiger partial charge in [0.2, 0.25) is 0 Å². The Labute approximate surface area is 182 Å². The summed E-state index contributed by atoms with van der Waals surface area (Å²) < 4.78 is 7.58. The molecule has 0 saturated carbocycles. The second-order valence-corrected chi connectivity index (χ2v) is 7.61. The number of hydrogen-bond acceptors (Lipinski definition) is 4. The van der Waals surface area contributed by atoms with Gasteiger partial charge in [-0.2, -0.15) is 0 Å². The van der Waals surface area contributed by atoms with Gasteiger partial charge in [0, 0.05) is 18.2 Å². The van der Waals surface area contributed by atoms with Gasteiger partial charge >= 0.3 is 0 Å². The van der Waals surface area contributed by atoms with Crippen molar-refractivity contribution in [2.45, 2.75) is 13.3 Å². The van der Waals surface area contributed by atoms with Crippen molar-refractivity contribution in [3.63, 3.8) is 0 Å². The van der Waals surface area contributed by atoms with E-state index in [0.717, 1.165) is 39.7 Å². The molecule has 30 heavy (non-hydrogen) atoms. The molecule has 0 aliphatic rings. The van der Waals surface area contributed by atoms with Crippen molar-refractivity contribution >= 4 is 40.0 Å². The lowest BCUT2D eigenvalue weighted by molar-refractivity contribution is 0.340. The molecule has 4 aromatic heterocycles. The van der Waals surface area contributed by atoms with Gasteiger partial charge in [0.25, 0.3) is 0 Å². The third kappa shape index (κ3) is 3.49. The Balaban J connectivity index is 1.52. The van der Waals surface area contributed by atoms with Gasteiger partial charge in [-0.3, -0.25) is 4.40 Å². The molecule has 0 saturated heterocycles. The first-order valence-electron chi connectivity index (χ1n) is 9.51. The van der Waals surface area contributed by atoms with Gasteiger partial charge in [0.15, 0.2) is 5.65 Å². The first-order valence-corrected chi connectivity index (χ1v) is 10.3. The van der Waals surface area contributed by atoms with E-state index in [0.29, 0.717) is 28.9 Å². The Morgan fingerprint density at radius 3 is 2.77 bits per heavy atom. The number of aromatic amines is 1. The summed E-state index contributed by atoms with van der Waals surface area (Å²) in [6.07, 6.45) is 2.55. The lowest BCUT2D eigenvalue weighted by atomic mass is 10.1. The van der Waals surface area contributed by atoms with Crippen LogP contribution >= 0.6 is 23.2 Å². The Morgan fingerprint density at radius 1 is 1.03 bits per heavy atom. The minimum Gasteiger partial charge on any atom is -0.494 e. The van der Waals surface area contributed by atoms with Crippen molar-refractivity contribution < 1.29 is 4.74 Å². The number of pyridine rings is 2. The standard InChI is InChI=1S/C22H17Cl2N5O/c1-2-30-14-6-7-15(16(23)11-14)18-4-3-5-21-25-13(12-29(18)21)10-20-26-17-8-9-19(24)27-22(17)28-20/h3-9,11-12H,2,10H2,1H3,(H,26,27,28). The number of aromatic nitrogens is 5. The Bertz CT molecular complexity index is 1380. The molecule has 1 N–H and O–H groups in total. The molecule has 0 bridgehead atoms. The molecule has 4 heterocycles. The Kier molecular flexibility index (Phi) is 4.81. The molecule has 8 heteroatoms. The van der Waals surface area contributed by atoms with E-state index in [-0.39, 0.29) is 0 Å². The zero-order valence-corrected chi connectivity index (χ0v) is 17.6. The molecule has 6 nitrogen and oxygen atoms in total. The van der Waals surface area contributed by atoms with Crippen LogP contribution in [0.1, 0.15) is 18.4 Å². The Morgan fingerprint density at radius 2 is 1.93 bits per heavy atom. The highest BCUT2D eigenvalue weighted by Gasteiger charge is 2.13. The lowest BCUT2D eigenvalue weighted by Crippen LogP contribution is -1.94. The van der Waals surface area contributed by atoms with E-state index in [1.807, 2.05) is 60.0 Å². The number of rotatable bonds is 5. The van der Waals surface area contributed by atoms with Crippen molar-refractivity contribution in [3.05, 3.63) is 76.4 Å². The third-order valence-electron chi connectivity index (χ3n) is 4.78. The quantitative estimate of drug-likeness (QED) is 0.365. The Hall–Kier alpha value is -3.09. The molecular weight excluding hydrogens is 421 g/mol. The molecule has 0 aliphatic heterocycles. The van der Waals surface area contributed by atoms with E-state index < -0.39 is 0 Å². The molecule has 150 valence electrons. The summed E-state index contributed by atoms with van der Waals surface area (Å²) in [6, 6.07) is 15.3. The van der Waals surface area contributed by atoms with Crippen LogP contribution in [0.3, 0.4) is 0 Å². The molecule has 5 rings (SSSR count). The van der Waals surface area contributed by atoms with Gasteiger partial charge in [-0.1, -0.05) is 29.3 Å². The van der Waals surface area contributed by atoms with Gasteiger partial charge in [-0.25, -0.2) is 15.0 Å². The van der Waals surface area contributed by atoms with E-state index in [9.17, 15) is 0 Å². The van der Waals surface area contributed by atoms with E-state index in [1.54, 1.807) is 6.07 Å². The number of hydrogen-bond donors (Lipinski definition) is 1. The van der Waals surface area contributed by atoms with Crippen LogP contribution < -0.4 is 4.74 Å². The summed E-state index contributed by atoms with van der Waals surface area (Å²) in [5.74, 6) is 1.53. The topological polar surface area (TPSA) is 68.1 Å². The zero-order chi connectivity index (χ0) is 20.7. The summed E-state index contributed by atoms with van der Waals surface area (Å²) >= 11 is 12.5. The van der Waals surface area contributed by atoms with Crippen LogP contribution in [0.5, 0.6) is 5.75 Å². The van der Waals surface area contributed by atoms with Gasteiger partial charge in [-0.15, -0.1) is 0 Å². The highest BCUT2D eigenvalue weighted by molar-refractivity contribution is 6.33. The van der Waals surface area contributed by atoms with Crippen molar-refractivity contribution in [2.24, 2.45) is 0 Å². The summed E-state index contributed by atoms with van der Waals surface area (Å²) in [6.45, 7) is 2.54. The van der Waals surface area contributed by atoms with E-state index >= 15 is 0 Å². The summed E-state index contributed by atoms with van der Waals surface area (Å²) in [4.78, 5) is 16.8. The van der Waals surface area contributed by atoms with Crippen molar-refractivity contribution in [1.82, 2.24) is 24.3 Å². The number of nitrogens with one attached hydrogen (secondary N) is 1. The SMILES string of the molecule is CCOc1ccc(-c2cccc3nc(Cc4nc5nc(Cl)ccc5[nH]4)cn23)c(Cl)c1. The number of fused-ring (bicyclic) bond motifs is 2. The van der Waals surface area contributed by atoms with Gasteiger partial charge in [-0.05, 0) is 49.4 Å². The second kappa shape index (κ2) is 7.63. The molecule has 0 amide bonds. The van der Waals surface area contributed by atoms with Gasteiger partial charge in [0.05, 0.1) is 28.5 Å². The normalized spacial score (nSPS) is 11.4. The smallest absolute Gasteiger partial charge is 0.179 e. The number of benzene rings is 1. The molecule has 1 aromatic carbocycles. The maximum absolute atomic E-state index is 6.55. The molecule has 0 spiro atoms. The monoisotopic (exact) mass is 437 g/mol. The number of halogens is 2. The molecule has 0 aliphatic carbocycles. The van der Waals surface area contributed by atoms with Crippen LogP contribution in [0.15, 0.2) is 54.7 Å². The van der Waals surface area contributed by atoms with Crippen molar-refractivity contribution in [1.29, 1.82) is 0 Å². The largest absolute Gasteiger partial charge is 0.494 e. The molecule has 0 radical (unpaired) electrons. The highest BCUT2D eigenvalue weighted by atomic mass is 35.5. The fourth-order valence-electron chi connectivity index (χ4n) is 3.50.